The van der Waals surface area contributed by atoms with E-state index in [0.29, 0.717) is 37.0 Å². The highest BCUT2D eigenvalue weighted by atomic mass is 32.2. The molecule has 1 amide bonds. The van der Waals surface area contributed by atoms with Gasteiger partial charge in [0.2, 0.25) is 11.8 Å². The second kappa shape index (κ2) is 15.5. The number of hydrogen-bond acceptors (Lipinski definition) is 10. The molecule has 0 saturated carbocycles. The molecule has 50 heavy (non-hydrogen) atoms. The van der Waals surface area contributed by atoms with E-state index in [1.54, 1.807) is 24.5 Å². The summed E-state index contributed by atoms with van der Waals surface area (Å²) in [5.74, 6) is 0.598. The van der Waals surface area contributed by atoms with Crippen molar-refractivity contribution in [1.82, 2.24) is 25.3 Å². The number of carbonyl (C=O) groups excluding carboxylic acids is 1. The van der Waals surface area contributed by atoms with Gasteiger partial charge in [0.05, 0.1) is 54.5 Å². The van der Waals surface area contributed by atoms with E-state index in [1.807, 2.05) is 44.0 Å². The van der Waals surface area contributed by atoms with Crippen molar-refractivity contribution >= 4 is 27.7 Å². The zero-order valence-electron chi connectivity index (χ0n) is 29.9. The summed E-state index contributed by atoms with van der Waals surface area (Å²) >= 11 is 0. The molecular formula is C37H47N7O5S. The first-order valence-electron chi connectivity index (χ1n) is 16.8. The van der Waals surface area contributed by atoms with Crippen molar-refractivity contribution < 1.29 is 22.7 Å². The minimum absolute atomic E-state index is 0.111. The van der Waals surface area contributed by atoms with Crippen molar-refractivity contribution in [3.05, 3.63) is 83.3 Å². The minimum atomic E-state index is -4.20. The van der Waals surface area contributed by atoms with Gasteiger partial charge in [-0.1, -0.05) is 52.0 Å². The van der Waals surface area contributed by atoms with E-state index in [2.05, 4.69) is 57.7 Å². The molecule has 12 nitrogen and oxygen atoms in total. The molecule has 266 valence electrons. The smallest absolute Gasteiger partial charge is 0.264 e. The number of nitrogens with zero attached hydrogens (tertiary/aromatic N) is 5. The fourth-order valence-electron chi connectivity index (χ4n) is 6.14. The molecule has 2 aromatic carbocycles. The maximum Gasteiger partial charge on any atom is 0.264 e. The summed E-state index contributed by atoms with van der Waals surface area (Å²) in [5, 5.41) is 2.82. The van der Waals surface area contributed by atoms with Gasteiger partial charge in [-0.2, -0.15) is 4.98 Å². The molecule has 0 spiro atoms. The van der Waals surface area contributed by atoms with Crippen LogP contribution >= 0.6 is 0 Å². The second-order valence-corrected chi connectivity index (χ2v) is 15.9. The Bertz CT molecular complexity index is 1900. The van der Waals surface area contributed by atoms with Crippen molar-refractivity contribution in [2.24, 2.45) is 11.3 Å². The van der Waals surface area contributed by atoms with E-state index in [4.69, 9.17) is 9.47 Å². The summed E-state index contributed by atoms with van der Waals surface area (Å²) in [7, 11) is -2.26. The van der Waals surface area contributed by atoms with Crippen LogP contribution in [0.1, 0.15) is 67.7 Å². The molecule has 5 rings (SSSR count). The number of rotatable bonds is 13. The first-order valence-corrected chi connectivity index (χ1v) is 18.3. The molecule has 2 N–H and O–H groups in total. The molecule has 3 heterocycles. The van der Waals surface area contributed by atoms with Crippen LogP contribution in [0.3, 0.4) is 0 Å². The van der Waals surface area contributed by atoms with Crippen molar-refractivity contribution in [3.8, 4) is 17.1 Å². The number of ether oxygens (including phenoxy) is 2. The van der Waals surface area contributed by atoms with Gasteiger partial charge in [-0.15, -0.1) is 0 Å². The van der Waals surface area contributed by atoms with E-state index >= 15 is 0 Å². The number of sulfonamides is 1. The largest absolute Gasteiger partial charge is 0.477 e. The lowest BCUT2D eigenvalue weighted by Crippen LogP contribution is -2.33. The molecular weight excluding hydrogens is 655 g/mol. The predicted octanol–water partition coefficient (Wildman–Crippen LogP) is 5.96. The average molecular weight is 702 g/mol. The van der Waals surface area contributed by atoms with Gasteiger partial charge < -0.3 is 19.7 Å². The van der Waals surface area contributed by atoms with Gasteiger partial charge in [0.15, 0.2) is 0 Å². The number of anilines is 2. The van der Waals surface area contributed by atoms with Crippen LogP contribution in [0.5, 0.6) is 5.88 Å². The summed E-state index contributed by atoms with van der Waals surface area (Å²) in [6, 6.07) is 13.7. The minimum Gasteiger partial charge on any atom is -0.477 e. The summed E-state index contributed by atoms with van der Waals surface area (Å²) in [6.45, 7) is 14.5. The Kier molecular flexibility index (Phi) is 11.4. The maximum atomic E-state index is 13.7. The highest BCUT2D eigenvalue weighted by Gasteiger charge is 2.23. The lowest BCUT2D eigenvalue weighted by Gasteiger charge is -2.24. The van der Waals surface area contributed by atoms with Crippen LogP contribution in [0.2, 0.25) is 0 Å². The van der Waals surface area contributed by atoms with Gasteiger partial charge in [-0.25, -0.2) is 23.1 Å². The van der Waals surface area contributed by atoms with Gasteiger partial charge >= 0.3 is 0 Å². The average Bonchev–Trinajstić information content (AvgIpc) is 3.60. The third kappa shape index (κ3) is 9.54. The van der Waals surface area contributed by atoms with E-state index in [1.165, 1.54) is 18.2 Å². The molecule has 1 aliphatic rings. The Morgan fingerprint density at radius 2 is 1.80 bits per heavy atom. The Labute approximate surface area is 295 Å². The topological polar surface area (TPSA) is 149 Å². The van der Waals surface area contributed by atoms with Gasteiger partial charge in [0.25, 0.3) is 15.9 Å². The number of carbonyl (C=O) groups is 1. The van der Waals surface area contributed by atoms with Crippen molar-refractivity contribution in [2.45, 2.75) is 71.9 Å². The van der Waals surface area contributed by atoms with Crippen LogP contribution < -0.4 is 19.7 Å². The lowest BCUT2D eigenvalue weighted by molar-refractivity contribution is 0.0950. The van der Waals surface area contributed by atoms with E-state index < -0.39 is 15.9 Å². The molecule has 2 aromatic heterocycles. The maximum absolute atomic E-state index is 13.7. The van der Waals surface area contributed by atoms with Crippen LogP contribution in [-0.4, -0.2) is 67.2 Å². The Hall–Kier alpha value is -4.62. The predicted molar refractivity (Wildman–Crippen MR) is 194 cm³/mol. The number of aryl methyl sites for hydroxylation is 2. The first kappa shape index (κ1) is 36.7. The molecule has 1 fully saturated rings. The van der Waals surface area contributed by atoms with Crippen LogP contribution in [0.25, 0.3) is 11.3 Å². The number of nitrogens with one attached hydrogen (secondary N) is 2. The SMILES string of the molecule is Cc1cccc(C)c1-c1cc(OC[C@H](C)CC(C)(C)C)nc(NS(=O)(=O)c2cccc(C(=O)NCc3cncc(N(C)C4CCOC4)n3)c2)n1. The van der Waals surface area contributed by atoms with Crippen molar-refractivity contribution in [3.63, 3.8) is 0 Å². The number of aromatic nitrogens is 4. The van der Waals surface area contributed by atoms with Gasteiger partial charge in [0.1, 0.15) is 5.82 Å². The van der Waals surface area contributed by atoms with Gasteiger partial charge in [-0.3, -0.25) is 9.78 Å². The standard InChI is InChI=1S/C37H47N7O5S/c1-24(18-37(4,5)6)22-49-33-17-31(34-25(2)10-8-11-26(34)3)41-36(42-33)43-50(46,47)30-13-9-12-27(16-30)35(45)39-20-28-19-38-21-32(40-28)44(7)29-14-15-48-23-29/h8-13,16-17,19,21,24,29H,14-15,18,20,22-23H2,1-7H3,(H,39,45)(H,41,42,43)/t24-,29?/m1/s1. The molecule has 0 aliphatic carbocycles. The molecule has 13 heteroatoms. The Morgan fingerprint density at radius 3 is 2.50 bits per heavy atom. The highest BCUT2D eigenvalue weighted by molar-refractivity contribution is 7.92. The van der Waals surface area contributed by atoms with Crippen LogP contribution in [-0.2, 0) is 21.3 Å². The van der Waals surface area contributed by atoms with Crippen LogP contribution in [0, 0.1) is 25.2 Å². The van der Waals surface area contributed by atoms with E-state index in [0.717, 1.165) is 29.5 Å². The Balaban J connectivity index is 1.33. The number of amides is 1. The number of likely N-dealkylation sites (N-methyl/N-ethyl adjacent to an activating group) is 1. The summed E-state index contributed by atoms with van der Waals surface area (Å²) in [4.78, 5) is 33.0. The lowest BCUT2D eigenvalue weighted by atomic mass is 9.86. The third-order valence-electron chi connectivity index (χ3n) is 8.47. The molecule has 0 bridgehead atoms. The first-order chi connectivity index (χ1) is 23.7. The fourth-order valence-corrected chi connectivity index (χ4v) is 7.13. The normalized spacial score (nSPS) is 15.4. The van der Waals surface area contributed by atoms with Crippen molar-refractivity contribution in [1.29, 1.82) is 0 Å². The number of benzene rings is 2. The van der Waals surface area contributed by atoms with Gasteiger partial charge in [0, 0.05) is 30.8 Å². The van der Waals surface area contributed by atoms with E-state index in [9.17, 15) is 13.2 Å². The highest BCUT2D eigenvalue weighted by Crippen LogP contribution is 2.30. The molecule has 1 aliphatic heterocycles. The molecule has 1 unspecified atom stereocenters. The third-order valence-corrected chi connectivity index (χ3v) is 9.79. The fraction of sp³-hybridized carbons (Fsp3) is 0.432. The van der Waals surface area contributed by atoms with Crippen LogP contribution in [0.15, 0.2) is 65.8 Å². The summed E-state index contributed by atoms with van der Waals surface area (Å²) in [6.07, 6.45) is 5.11. The quantitative estimate of drug-likeness (QED) is 0.171. The van der Waals surface area contributed by atoms with E-state index in [-0.39, 0.29) is 46.2 Å². The molecule has 4 aromatic rings. The van der Waals surface area contributed by atoms with Gasteiger partial charge in [-0.05, 0) is 67.3 Å². The summed E-state index contributed by atoms with van der Waals surface area (Å²) < 4.78 is 41.5. The zero-order chi connectivity index (χ0) is 36.1. The zero-order valence-corrected chi connectivity index (χ0v) is 30.7. The van der Waals surface area contributed by atoms with Crippen LogP contribution in [0.4, 0.5) is 11.8 Å². The summed E-state index contributed by atoms with van der Waals surface area (Å²) in [5.41, 5.74) is 4.24. The number of hydrogen-bond donors (Lipinski definition) is 2. The second-order valence-electron chi connectivity index (χ2n) is 14.2. The van der Waals surface area contributed by atoms with Crippen molar-refractivity contribution in [2.75, 3.05) is 36.5 Å². The monoisotopic (exact) mass is 701 g/mol. The Morgan fingerprint density at radius 1 is 1.06 bits per heavy atom. The molecule has 0 radical (unpaired) electrons. The molecule has 1 saturated heterocycles. The molecule has 2 atom stereocenters.